The fourth-order valence-corrected chi connectivity index (χ4v) is 6.49. The van der Waals surface area contributed by atoms with Gasteiger partial charge in [0.25, 0.3) is 11.8 Å². The Bertz CT molecular complexity index is 1560. The largest absolute Gasteiger partial charge is 0.480 e. The van der Waals surface area contributed by atoms with Gasteiger partial charge in [0.05, 0.1) is 12.1 Å². The molecule has 272 valence electrons. The summed E-state index contributed by atoms with van der Waals surface area (Å²) in [6.45, 7) is 7.11. The van der Waals surface area contributed by atoms with E-state index in [0.717, 1.165) is 44.1 Å². The van der Waals surface area contributed by atoms with Gasteiger partial charge >= 0.3 is 6.09 Å². The molecule has 5 rings (SSSR count). The van der Waals surface area contributed by atoms with Gasteiger partial charge in [0.15, 0.2) is 6.10 Å². The number of ether oxygens (including phenoxy) is 2. The number of amides is 5. The summed E-state index contributed by atoms with van der Waals surface area (Å²) < 4.78 is 11.5. The monoisotopic (exact) mass is 694 g/mol. The van der Waals surface area contributed by atoms with E-state index in [2.05, 4.69) is 15.6 Å². The molecule has 2 aromatic rings. The highest BCUT2D eigenvalue weighted by molar-refractivity contribution is 5.99. The average Bonchev–Trinajstić information content (AvgIpc) is 3.59. The molecule has 3 N–H and O–H groups in total. The smallest absolute Gasteiger partial charge is 0.409 e. The van der Waals surface area contributed by atoms with E-state index in [-0.39, 0.29) is 61.3 Å². The second-order valence-electron chi connectivity index (χ2n) is 13.4. The third kappa shape index (κ3) is 8.82. The molecular formula is C36H50N6O8. The van der Waals surface area contributed by atoms with Crippen LogP contribution in [-0.4, -0.2) is 125 Å². The van der Waals surface area contributed by atoms with Crippen molar-refractivity contribution in [3.05, 3.63) is 35.5 Å². The van der Waals surface area contributed by atoms with Crippen molar-refractivity contribution < 1.29 is 38.6 Å². The lowest BCUT2D eigenvalue weighted by Gasteiger charge is -2.36. The molecule has 1 aromatic heterocycles. The van der Waals surface area contributed by atoms with Crippen molar-refractivity contribution in [2.24, 2.45) is 0 Å². The summed E-state index contributed by atoms with van der Waals surface area (Å²) in [7, 11) is 0. The fourth-order valence-electron chi connectivity index (χ4n) is 6.49. The highest BCUT2D eigenvalue weighted by Gasteiger charge is 2.38. The standard InChI is InChI=1S/C36H50N6O8/c1-4-5-20-49-36(48)41-17-15-40(16-18-41)35(47)27(13-19-43)39-32(44)29-22-31(26-12-11-23(2)21-28(26)38-29)50-24(3)34(46)42-14-7-10-30(42)33(45)37-25-8-6-9-25/h11-12,21-22,24-25,27,30,43H,4-10,13-20H2,1-3H3,(H,37,45)(H,39,44)/t24-,27?,30?/m1/s1. The number of aryl methyl sites for hydroxylation is 1. The van der Waals surface area contributed by atoms with Crippen molar-refractivity contribution in [2.45, 2.75) is 96.4 Å². The summed E-state index contributed by atoms with van der Waals surface area (Å²) in [4.78, 5) is 75.4. The van der Waals surface area contributed by atoms with Crippen LogP contribution in [0, 0.1) is 6.92 Å². The molecule has 0 bridgehead atoms. The predicted octanol–water partition coefficient (Wildman–Crippen LogP) is 2.53. The Morgan fingerprint density at radius 2 is 1.72 bits per heavy atom. The van der Waals surface area contributed by atoms with Crippen LogP contribution in [0.4, 0.5) is 4.79 Å². The number of aliphatic hydroxyl groups excluding tert-OH is 1. The van der Waals surface area contributed by atoms with Gasteiger partial charge < -0.3 is 39.9 Å². The quantitative estimate of drug-likeness (QED) is 0.267. The van der Waals surface area contributed by atoms with Crippen LogP contribution >= 0.6 is 0 Å². The normalized spacial score (nSPS) is 19.0. The number of likely N-dealkylation sites (tertiary alicyclic amines) is 1. The minimum Gasteiger partial charge on any atom is -0.480 e. The third-order valence-corrected chi connectivity index (χ3v) is 9.70. The van der Waals surface area contributed by atoms with E-state index in [4.69, 9.17) is 9.47 Å². The molecule has 14 heteroatoms. The van der Waals surface area contributed by atoms with Crippen molar-refractivity contribution >= 4 is 40.6 Å². The lowest BCUT2D eigenvalue weighted by atomic mass is 9.93. The van der Waals surface area contributed by atoms with Crippen molar-refractivity contribution in [2.75, 3.05) is 45.9 Å². The first-order chi connectivity index (χ1) is 24.1. The number of unbranched alkanes of at least 4 members (excludes halogenated alkanes) is 1. The lowest BCUT2D eigenvalue weighted by Crippen LogP contribution is -2.56. The maximum atomic E-state index is 13.7. The highest BCUT2D eigenvalue weighted by atomic mass is 16.6. The Labute approximate surface area is 292 Å². The van der Waals surface area contributed by atoms with Gasteiger partial charge in [-0.2, -0.15) is 0 Å². The minimum atomic E-state index is -1.03. The fraction of sp³-hybridized carbons (Fsp3) is 0.611. The molecule has 1 aliphatic carbocycles. The molecule has 50 heavy (non-hydrogen) atoms. The van der Waals surface area contributed by atoms with E-state index in [1.165, 1.54) is 6.07 Å². The van der Waals surface area contributed by atoms with Gasteiger partial charge in [0.1, 0.15) is 23.5 Å². The Hall–Kier alpha value is -4.46. The first-order valence-electron chi connectivity index (χ1n) is 17.9. The van der Waals surface area contributed by atoms with E-state index < -0.39 is 30.2 Å². The number of benzene rings is 1. The van der Waals surface area contributed by atoms with Gasteiger partial charge in [-0.15, -0.1) is 0 Å². The predicted molar refractivity (Wildman–Crippen MR) is 184 cm³/mol. The second-order valence-corrected chi connectivity index (χ2v) is 13.4. The number of aromatic nitrogens is 1. The zero-order chi connectivity index (χ0) is 35.8. The summed E-state index contributed by atoms with van der Waals surface area (Å²) in [5.74, 6) is -1.20. The summed E-state index contributed by atoms with van der Waals surface area (Å²) in [5.41, 5.74) is 1.35. The number of nitrogens with one attached hydrogen (secondary N) is 2. The van der Waals surface area contributed by atoms with Gasteiger partial charge in [-0.05, 0) is 76.5 Å². The summed E-state index contributed by atoms with van der Waals surface area (Å²) in [6, 6.07) is 5.54. The number of carbonyl (C=O) groups excluding carboxylic acids is 5. The van der Waals surface area contributed by atoms with Gasteiger partial charge in [0, 0.05) is 56.8 Å². The number of hydrogen-bond donors (Lipinski definition) is 3. The van der Waals surface area contributed by atoms with E-state index in [0.29, 0.717) is 43.6 Å². The number of nitrogens with zero attached hydrogens (tertiary/aromatic N) is 4. The number of aliphatic hydroxyl groups is 1. The van der Waals surface area contributed by atoms with Gasteiger partial charge in [0.2, 0.25) is 11.8 Å². The molecule has 2 saturated heterocycles. The van der Waals surface area contributed by atoms with Crippen LogP contribution in [0.3, 0.4) is 0 Å². The number of rotatable bonds is 13. The molecule has 0 spiro atoms. The molecule has 3 aliphatic rings. The van der Waals surface area contributed by atoms with Crippen LogP contribution in [0.15, 0.2) is 24.3 Å². The van der Waals surface area contributed by atoms with Gasteiger partial charge in [-0.25, -0.2) is 9.78 Å². The maximum Gasteiger partial charge on any atom is 0.409 e. The van der Waals surface area contributed by atoms with Crippen molar-refractivity contribution in [3.63, 3.8) is 0 Å². The van der Waals surface area contributed by atoms with E-state index in [1.54, 1.807) is 27.7 Å². The molecule has 3 atom stereocenters. The first-order valence-corrected chi connectivity index (χ1v) is 17.9. The summed E-state index contributed by atoms with van der Waals surface area (Å²) in [6.07, 6.45) is 4.63. The van der Waals surface area contributed by atoms with Crippen molar-refractivity contribution in [1.29, 1.82) is 0 Å². The first kappa shape index (κ1) is 36.8. The SMILES string of the molecule is CCCCOC(=O)N1CCN(C(=O)C(CCO)NC(=O)c2cc(O[C@H](C)C(=O)N3CCCC3C(=O)NC3CCC3)c3ccc(C)cc3n2)CC1. The minimum absolute atomic E-state index is 0.0171. The maximum absolute atomic E-state index is 13.7. The van der Waals surface area contributed by atoms with Crippen molar-refractivity contribution in [1.82, 2.24) is 30.3 Å². The number of fused-ring (bicyclic) bond motifs is 1. The number of piperazine rings is 1. The third-order valence-electron chi connectivity index (χ3n) is 9.70. The molecule has 1 aromatic carbocycles. The number of pyridine rings is 1. The average molecular weight is 695 g/mol. The highest BCUT2D eigenvalue weighted by Crippen LogP contribution is 2.29. The Morgan fingerprint density at radius 3 is 2.40 bits per heavy atom. The molecular weight excluding hydrogens is 644 g/mol. The van der Waals surface area contributed by atoms with Crippen LogP contribution in [0.25, 0.3) is 10.9 Å². The molecule has 14 nitrogen and oxygen atoms in total. The van der Waals surface area contributed by atoms with E-state index in [9.17, 15) is 29.1 Å². The summed E-state index contributed by atoms with van der Waals surface area (Å²) >= 11 is 0. The van der Waals surface area contributed by atoms with Gasteiger partial charge in [-0.1, -0.05) is 19.4 Å². The molecule has 3 heterocycles. The second kappa shape index (κ2) is 17.0. The van der Waals surface area contributed by atoms with Crippen LogP contribution in [0.1, 0.15) is 81.3 Å². The van der Waals surface area contributed by atoms with Gasteiger partial charge in [-0.3, -0.25) is 19.2 Å². The molecule has 0 radical (unpaired) electrons. The van der Waals surface area contributed by atoms with Crippen LogP contribution in [0.2, 0.25) is 0 Å². The molecule has 5 amide bonds. The Kier molecular flexibility index (Phi) is 12.5. The summed E-state index contributed by atoms with van der Waals surface area (Å²) in [5, 5.41) is 16.2. The molecule has 2 aliphatic heterocycles. The molecule has 1 saturated carbocycles. The van der Waals surface area contributed by atoms with E-state index in [1.807, 2.05) is 26.0 Å². The number of hydrogen-bond acceptors (Lipinski definition) is 9. The van der Waals surface area contributed by atoms with Crippen molar-refractivity contribution in [3.8, 4) is 5.75 Å². The molecule has 3 fully saturated rings. The van der Waals surface area contributed by atoms with Crippen LogP contribution < -0.4 is 15.4 Å². The zero-order valence-electron chi connectivity index (χ0n) is 29.3. The topological polar surface area (TPSA) is 171 Å². The number of carbonyl (C=O) groups is 5. The Morgan fingerprint density at radius 1 is 0.980 bits per heavy atom. The lowest BCUT2D eigenvalue weighted by molar-refractivity contribution is -0.143. The van der Waals surface area contributed by atoms with E-state index >= 15 is 0 Å². The zero-order valence-corrected chi connectivity index (χ0v) is 29.3. The molecule has 2 unspecified atom stereocenters. The van der Waals surface area contributed by atoms with Crippen LogP contribution in [0.5, 0.6) is 5.75 Å². The van der Waals surface area contributed by atoms with Crippen LogP contribution in [-0.2, 0) is 19.1 Å². The Balaban J connectivity index is 1.27.